The van der Waals surface area contributed by atoms with Gasteiger partial charge in [0.2, 0.25) is 11.8 Å². The molecule has 0 unspecified atom stereocenters. The molecule has 0 saturated carbocycles. The second-order valence-electron chi connectivity index (χ2n) is 8.44. The number of rotatable bonds is 5. The van der Waals surface area contributed by atoms with Gasteiger partial charge >= 0.3 is 5.69 Å². The fourth-order valence-electron chi connectivity index (χ4n) is 4.19. The van der Waals surface area contributed by atoms with Crippen LogP contribution < -0.4 is 21.5 Å². The molecule has 1 aliphatic heterocycles. The van der Waals surface area contributed by atoms with Crippen LogP contribution in [0.3, 0.4) is 0 Å². The first kappa shape index (κ1) is 23.9. The Labute approximate surface area is 200 Å². The molecule has 1 N–H and O–H groups in total. The number of carbonyl (C=O) groups is 3. The Morgan fingerprint density at radius 2 is 1.63 bits per heavy atom. The smallest absolute Gasteiger partial charge is 0.332 e. The fraction of sp³-hybridized carbons (Fsp3) is 0.333. The quantitative estimate of drug-likeness (QED) is 0.532. The number of fused-ring (bicyclic) bond motifs is 1. The molecule has 2 amide bonds. The van der Waals surface area contributed by atoms with E-state index in [2.05, 4.69) is 10.3 Å². The number of nitrogens with zero attached hydrogens (tertiary/aromatic N) is 5. The molecule has 1 aromatic carbocycles. The van der Waals surface area contributed by atoms with E-state index in [1.165, 1.54) is 31.7 Å². The third-order valence-corrected chi connectivity index (χ3v) is 6.15. The number of hydrogen-bond donors (Lipinski definition) is 1. The maximum absolute atomic E-state index is 13.4. The van der Waals surface area contributed by atoms with Crippen molar-refractivity contribution in [3.63, 3.8) is 0 Å². The van der Waals surface area contributed by atoms with E-state index in [-0.39, 0.29) is 22.7 Å². The van der Waals surface area contributed by atoms with Crippen molar-refractivity contribution in [1.29, 1.82) is 0 Å². The minimum atomic E-state index is -0.657. The van der Waals surface area contributed by atoms with E-state index in [9.17, 15) is 24.0 Å². The summed E-state index contributed by atoms with van der Waals surface area (Å²) >= 11 is 0. The summed E-state index contributed by atoms with van der Waals surface area (Å²) in [7, 11) is 1.50. The Bertz CT molecular complexity index is 1430. The number of hydrogen-bond acceptors (Lipinski definition) is 7. The predicted molar refractivity (Wildman–Crippen MR) is 131 cm³/mol. The Balaban J connectivity index is 1.66. The Morgan fingerprint density at radius 3 is 2.23 bits per heavy atom. The van der Waals surface area contributed by atoms with Crippen molar-refractivity contribution in [2.24, 2.45) is 7.05 Å². The van der Waals surface area contributed by atoms with Crippen LogP contribution in [0.4, 0.5) is 11.4 Å². The van der Waals surface area contributed by atoms with E-state index in [4.69, 9.17) is 0 Å². The fourth-order valence-corrected chi connectivity index (χ4v) is 4.19. The normalized spacial score (nSPS) is 13.7. The molecular weight excluding hydrogens is 452 g/mol. The van der Waals surface area contributed by atoms with Gasteiger partial charge < -0.3 is 15.1 Å². The molecule has 11 nitrogen and oxygen atoms in total. The molecule has 35 heavy (non-hydrogen) atoms. The molecule has 0 spiro atoms. The Kier molecular flexibility index (Phi) is 6.50. The second-order valence-corrected chi connectivity index (χ2v) is 8.44. The number of aryl methyl sites for hydroxylation is 1. The predicted octanol–water partition coefficient (Wildman–Crippen LogP) is 0.605. The number of Topliss-reactive ketones (excluding diaryl/α,β-unsaturated/α-hetero) is 1. The largest absolute Gasteiger partial charge is 0.367 e. The van der Waals surface area contributed by atoms with Gasteiger partial charge in [-0.1, -0.05) is 0 Å². The summed E-state index contributed by atoms with van der Waals surface area (Å²) in [6.45, 7) is 4.57. The molecule has 1 fully saturated rings. The molecule has 182 valence electrons. The minimum absolute atomic E-state index is 0.00376. The number of piperazine rings is 1. The number of benzene rings is 1. The van der Waals surface area contributed by atoms with Crippen LogP contribution in [0.5, 0.6) is 0 Å². The van der Waals surface area contributed by atoms with Crippen LogP contribution in [-0.4, -0.2) is 62.8 Å². The van der Waals surface area contributed by atoms with Crippen LogP contribution in [0.25, 0.3) is 11.0 Å². The summed E-state index contributed by atoms with van der Waals surface area (Å²) in [6.07, 6.45) is 1.54. The highest BCUT2D eigenvalue weighted by Gasteiger charge is 2.24. The summed E-state index contributed by atoms with van der Waals surface area (Å²) in [5, 5.41) is 2.89. The number of aromatic nitrogens is 3. The van der Waals surface area contributed by atoms with Crippen LogP contribution in [0.2, 0.25) is 0 Å². The van der Waals surface area contributed by atoms with Gasteiger partial charge in [-0.2, -0.15) is 0 Å². The van der Waals surface area contributed by atoms with Crippen LogP contribution >= 0.6 is 0 Å². The van der Waals surface area contributed by atoms with E-state index >= 15 is 0 Å². The highest BCUT2D eigenvalue weighted by molar-refractivity contribution is 5.95. The third-order valence-electron chi connectivity index (χ3n) is 6.15. The van der Waals surface area contributed by atoms with Gasteiger partial charge in [-0.15, -0.1) is 0 Å². The van der Waals surface area contributed by atoms with Crippen molar-refractivity contribution in [3.8, 4) is 0 Å². The molecule has 0 bridgehead atoms. The summed E-state index contributed by atoms with van der Waals surface area (Å²) in [4.78, 5) is 70.1. The molecule has 3 aromatic rings. The maximum atomic E-state index is 13.4. The van der Waals surface area contributed by atoms with Gasteiger partial charge in [0, 0.05) is 57.6 Å². The standard InChI is InChI=1S/C24H26N6O5/c1-15(31)17-4-6-18(7-5-17)26-20(33)14-30-23(34)21-19(8-9-25-22(21)27(3)24(30)35)29-12-10-28(11-13-29)16(2)32/h4-9H,10-14H2,1-3H3,(H,26,33). The van der Waals surface area contributed by atoms with E-state index in [0.29, 0.717) is 43.1 Å². The van der Waals surface area contributed by atoms with Crippen molar-refractivity contribution in [2.45, 2.75) is 20.4 Å². The number of amides is 2. The monoisotopic (exact) mass is 478 g/mol. The van der Waals surface area contributed by atoms with Crippen LogP contribution in [-0.2, 0) is 23.2 Å². The topological polar surface area (TPSA) is 127 Å². The lowest BCUT2D eigenvalue weighted by atomic mass is 10.1. The molecule has 0 atom stereocenters. The van der Waals surface area contributed by atoms with Crippen molar-refractivity contribution in [1.82, 2.24) is 19.0 Å². The van der Waals surface area contributed by atoms with E-state index in [0.717, 1.165) is 4.57 Å². The molecule has 11 heteroatoms. The number of carbonyl (C=O) groups excluding carboxylic acids is 3. The molecule has 0 aliphatic carbocycles. The summed E-state index contributed by atoms with van der Waals surface area (Å²) in [5.41, 5.74) is 0.511. The van der Waals surface area contributed by atoms with E-state index in [1.807, 2.05) is 4.90 Å². The average Bonchev–Trinajstić information content (AvgIpc) is 2.85. The van der Waals surface area contributed by atoms with Crippen molar-refractivity contribution >= 4 is 40.0 Å². The molecule has 1 saturated heterocycles. The number of nitrogens with one attached hydrogen (secondary N) is 1. The lowest BCUT2D eigenvalue weighted by molar-refractivity contribution is -0.129. The Hall–Kier alpha value is -4.28. The molecule has 4 rings (SSSR count). The van der Waals surface area contributed by atoms with Crippen molar-refractivity contribution < 1.29 is 14.4 Å². The highest BCUT2D eigenvalue weighted by atomic mass is 16.2. The first-order chi connectivity index (χ1) is 16.7. The first-order valence-electron chi connectivity index (χ1n) is 11.2. The summed E-state index contributed by atoms with van der Waals surface area (Å²) in [5.74, 6) is -0.656. The zero-order valence-corrected chi connectivity index (χ0v) is 19.8. The van der Waals surface area contributed by atoms with Gasteiger partial charge in [-0.3, -0.25) is 28.3 Å². The van der Waals surface area contributed by atoms with Gasteiger partial charge in [0.25, 0.3) is 5.56 Å². The Morgan fingerprint density at radius 1 is 0.971 bits per heavy atom. The van der Waals surface area contributed by atoms with Crippen LogP contribution in [0.15, 0.2) is 46.1 Å². The number of pyridine rings is 1. The molecule has 2 aromatic heterocycles. The third kappa shape index (κ3) is 4.70. The highest BCUT2D eigenvalue weighted by Crippen LogP contribution is 2.23. The zero-order valence-electron chi connectivity index (χ0n) is 19.8. The zero-order chi connectivity index (χ0) is 25.3. The number of ketones is 1. The lowest BCUT2D eigenvalue weighted by Gasteiger charge is -2.36. The lowest BCUT2D eigenvalue weighted by Crippen LogP contribution is -2.49. The van der Waals surface area contributed by atoms with Gasteiger partial charge in [0.15, 0.2) is 11.4 Å². The molecule has 1 aliphatic rings. The van der Waals surface area contributed by atoms with Crippen LogP contribution in [0, 0.1) is 0 Å². The second kappa shape index (κ2) is 9.53. The van der Waals surface area contributed by atoms with Crippen LogP contribution in [0.1, 0.15) is 24.2 Å². The van der Waals surface area contributed by atoms with Gasteiger partial charge in [-0.25, -0.2) is 9.78 Å². The van der Waals surface area contributed by atoms with Gasteiger partial charge in [0.1, 0.15) is 11.9 Å². The molecule has 3 heterocycles. The van der Waals surface area contributed by atoms with Crippen molar-refractivity contribution in [2.75, 3.05) is 36.4 Å². The van der Waals surface area contributed by atoms with E-state index in [1.54, 1.807) is 35.2 Å². The van der Waals surface area contributed by atoms with Crippen molar-refractivity contribution in [3.05, 3.63) is 62.9 Å². The van der Waals surface area contributed by atoms with E-state index < -0.39 is 23.7 Å². The first-order valence-corrected chi connectivity index (χ1v) is 11.2. The van der Waals surface area contributed by atoms with Gasteiger partial charge in [-0.05, 0) is 37.3 Å². The SMILES string of the molecule is CC(=O)c1ccc(NC(=O)Cn2c(=O)c3c(N4CCN(C(C)=O)CC4)ccnc3n(C)c2=O)cc1. The maximum Gasteiger partial charge on any atom is 0.332 e. The summed E-state index contributed by atoms with van der Waals surface area (Å²) in [6, 6.07) is 8.04. The molecular formula is C24H26N6O5. The van der Waals surface area contributed by atoms with Gasteiger partial charge in [0.05, 0.1) is 5.69 Å². The molecule has 0 radical (unpaired) electrons. The summed E-state index contributed by atoms with van der Waals surface area (Å²) < 4.78 is 2.14. The number of anilines is 2. The minimum Gasteiger partial charge on any atom is -0.367 e. The average molecular weight is 479 g/mol.